The fourth-order valence-corrected chi connectivity index (χ4v) is 8.16. The summed E-state index contributed by atoms with van der Waals surface area (Å²) in [5.41, 5.74) is 2.08. The lowest BCUT2D eigenvalue weighted by molar-refractivity contribution is -0.107. The number of sulfonamides is 2. The molecule has 0 aliphatic carbocycles. The molecule has 0 saturated carbocycles. The highest BCUT2D eigenvalue weighted by atomic mass is 32.2. The van der Waals surface area contributed by atoms with E-state index in [9.17, 15) is 31.2 Å². The van der Waals surface area contributed by atoms with Crippen molar-refractivity contribution in [2.75, 3.05) is 95.5 Å². The molecule has 314 valence electrons. The Bertz CT molecular complexity index is 2360. The minimum absolute atomic E-state index is 0.0334. The summed E-state index contributed by atoms with van der Waals surface area (Å²) < 4.78 is 63.2. The van der Waals surface area contributed by atoms with Crippen LogP contribution in [-0.2, 0) is 37.7 Å². The van der Waals surface area contributed by atoms with Crippen molar-refractivity contribution in [2.45, 2.75) is 25.7 Å². The van der Waals surface area contributed by atoms with Gasteiger partial charge in [0, 0.05) is 89.2 Å². The number of aryl methyl sites for hydroxylation is 2. The molecule has 0 amide bonds. The van der Waals surface area contributed by atoms with Crippen molar-refractivity contribution in [2.24, 2.45) is 0 Å². The molecule has 0 bridgehead atoms. The van der Waals surface area contributed by atoms with E-state index in [2.05, 4.69) is 9.97 Å². The Balaban J connectivity index is 0.000000221. The highest BCUT2D eigenvalue weighted by Crippen LogP contribution is 2.20. The van der Waals surface area contributed by atoms with Crippen LogP contribution in [0.5, 0.6) is 11.5 Å². The molecule has 2 fully saturated rings. The lowest BCUT2D eigenvalue weighted by atomic mass is 10.2. The Morgan fingerprint density at radius 1 is 0.638 bits per heavy atom. The number of rotatable bonds is 14. The average Bonchev–Trinajstić information content (AvgIpc) is 3.22. The van der Waals surface area contributed by atoms with E-state index < -0.39 is 20.0 Å². The summed E-state index contributed by atoms with van der Waals surface area (Å²) >= 11 is 0. The molecule has 4 heterocycles. The van der Waals surface area contributed by atoms with Gasteiger partial charge in [-0.1, -0.05) is 0 Å². The second-order valence-corrected chi connectivity index (χ2v) is 17.7. The largest absolute Gasteiger partial charge is 0.497 e. The molecule has 2 aromatic heterocycles. The normalized spacial score (nSPS) is 15.4. The van der Waals surface area contributed by atoms with Gasteiger partial charge in [-0.2, -0.15) is 8.61 Å². The maximum absolute atomic E-state index is 13.2. The fraction of sp³-hybridized carbons (Fsp3) is 0.447. The summed E-state index contributed by atoms with van der Waals surface area (Å²) in [4.78, 5) is 49.8. The first-order valence-electron chi connectivity index (χ1n) is 18.7. The molecule has 1 N–H and O–H groups in total. The van der Waals surface area contributed by atoms with Gasteiger partial charge in [-0.15, -0.1) is 0 Å². The molecule has 0 radical (unpaired) electrons. The van der Waals surface area contributed by atoms with Crippen molar-refractivity contribution in [3.8, 4) is 22.9 Å². The molecule has 2 saturated heterocycles. The van der Waals surface area contributed by atoms with E-state index in [-0.39, 0.29) is 23.5 Å². The van der Waals surface area contributed by atoms with Gasteiger partial charge in [0.25, 0.3) is 11.1 Å². The number of nitrogens with zero attached hydrogens (tertiary/aromatic N) is 8. The molecule has 18 nitrogen and oxygen atoms in total. The summed E-state index contributed by atoms with van der Waals surface area (Å²) in [6.45, 7) is 2.76. The average molecular weight is 843 g/mol. The van der Waals surface area contributed by atoms with Crippen LogP contribution in [0.4, 0.5) is 11.6 Å². The minimum Gasteiger partial charge on any atom is -0.497 e. The van der Waals surface area contributed by atoms with Crippen LogP contribution in [0.25, 0.3) is 11.4 Å². The van der Waals surface area contributed by atoms with E-state index in [0.29, 0.717) is 118 Å². The summed E-state index contributed by atoms with van der Waals surface area (Å²) in [5, 5.41) is 9.17. The molecule has 2 aromatic carbocycles. The number of carbonyl (C=O) groups excluding carboxylic acids is 1. The monoisotopic (exact) mass is 842 g/mol. The van der Waals surface area contributed by atoms with E-state index in [1.807, 2.05) is 4.90 Å². The number of benzene rings is 2. The standard InChI is InChI=1S/C19H26N4O5S.C19H24N4O5S/c2*1-28-17-7-5-16(6-8-17)23-14-15(4-3-13-24)20-18(19(23)25)21-9-11-22(12-10-21)29(2,26)27/h5-8,14,24H,3-4,9-13H2,1-2H3;5-8,13-14H,3-4,9-12H2,1-2H3. The quantitative estimate of drug-likeness (QED) is 0.174. The van der Waals surface area contributed by atoms with Gasteiger partial charge in [0.15, 0.2) is 11.6 Å². The van der Waals surface area contributed by atoms with Crippen molar-refractivity contribution in [1.29, 1.82) is 0 Å². The third-order valence-corrected chi connectivity index (χ3v) is 12.3. The second kappa shape index (κ2) is 19.5. The third kappa shape index (κ3) is 11.1. The van der Waals surface area contributed by atoms with Gasteiger partial charge in [-0.05, 0) is 67.8 Å². The number of methoxy groups -OCH3 is 2. The van der Waals surface area contributed by atoms with Gasteiger partial charge in [0.1, 0.15) is 17.8 Å². The van der Waals surface area contributed by atoms with E-state index in [4.69, 9.17) is 14.6 Å². The Kier molecular flexibility index (Phi) is 14.8. The van der Waals surface area contributed by atoms with Crippen molar-refractivity contribution >= 4 is 38.0 Å². The van der Waals surface area contributed by atoms with Crippen LogP contribution in [0, 0.1) is 0 Å². The molecule has 2 aliphatic rings. The molecule has 4 aromatic rings. The van der Waals surface area contributed by atoms with Gasteiger partial charge in [0.2, 0.25) is 20.0 Å². The van der Waals surface area contributed by atoms with Crippen LogP contribution >= 0.6 is 0 Å². The molecule has 0 spiro atoms. The van der Waals surface area contributed by atoms with E-state index in [1.54, 1.807) is 80.0 Å². The van der Waals surface area contributed by atoms with E-state index in [0.717, 1.165) is 6.29 Å². The number of hydrogen-bond acceptors (Lipinski definition) is 14. The van der Waals surface area contributed by atoms with Gasteiger partial charge in [-0.3, -0.25) is 18.7 Å². The van der Waals surface area contributed by atoms with Crippen LogP contribution in [0.2, 0.25) is 0 Å². The number of aldehydes is 1. The van der Waals surface area contributed by atoms with E-state index >= 15 is 0 Å². The zero-order valence-corrected chi connectivity index (χ0v) is 34.7. The van der Waals surface area contributed by atoms with E-state index in [1.165, 1.54) is 30.3 Å². The van der Waals surface area contributed by atoms with Crippen molar-refractivity contribution in [3.05, 3.63) is 93.0 Å². The summed E-state index contributed by atoms with van der Waals surface area (Å²) in [5.74, 6) is 1.92. The molecule has 6 rings (SSSR count). The molecular weight excluding hydrogens is 793 g/mol. The van der Waals surface area contributed by atoms with Crippen LogP contribution < -0.4 is 30.4 Å². The van der Waals surface area contributed by atoms with Crippen molar-refractivity contribution in [1.82, 2.24) is 27.7 Å². The maximum Gasteiger partial charge on any atom is 0.298 e. The van der Waals surface area contributed by atoms with Gasteiger partial charge < -0.3 is 29.2 Å². The van der Waals surface area contributed by atoms with Crippen LogP contribution in [0.3, 0.4) is 0 Å². The smallest absolute Gasteiger partial charge is 0.298 e. The molecule has 58 heavy (non-hydrogen) atoms. The third-order valence-electron chi connectivity index (χ3n) is 9.70. The number of hydrogen-bond donors (Lipinski definition) is 1. The number of aromatic nitrogens is 4. The van der Waals surface area contributed by atoms with Gasteiger partial charge in [-0.25, -0.2) is 26.8 Å². The predicted octanol–water partition coefficient (Wildman–Crippen LogP) is 0.702. The number of anilines is 2. The molecule has 2 aliphatic heterocycles. The summed E-state index contributed by atoms with van der Waals surface area (Å²) in [6, 6.07) is 14.2. The van der Waals surface area contributed by atoms with Gasteiger partial charge >= 0.3 is 0 Å². The highest BCUT2D eigenvalue weighted by Gasteiger charge is 2.28. The lowest BCUT2D eigenvalue weighted by Crippen LogP contribution is -2.50. The minimum atomic E-state index is -3.27. The van der Waals surface area contributed by atoms with Gasteiger partial charge in [0.05, 0.1) is 38.1 Å². The Hall–Kier alpha value is -5.15. The first-order valence-corrected chi connectivity index (χ1v) is 22.3. The molecular formula is C38H50N8O10S2. The molecule has 20 heteroatoms. The number of aliphatic hydroxyl groups excluding tert-OH is 1. The van der Waals surface area contributed by atoms with Crippen molar-refractivity contribution in [3.63, 3.8) is 0 Å². The summed E-state index contributed by atoms with van der Waals surface area (Å²) in [7, 11) is -3.38. The number of aliphatic hydroxyl groups is 1. The van der Waals surface area contributed by atoms with Crippen molar-refractivity contribution < 1.29 is 36.2 Å². The summed E-state index contributed by atoms with van der Waals surface area (Å²) in [6.07, 6.45) is 8.30. The number of ether oxygens (including phenoxy) is 2. The number of carbonyl (C=O) groups is 1. The van der Waals surface area contributed by atoms with Crippen LogP contribution in [0.1, 0.15) is 24.2 Å². The number of piperazine rings is 2. The first-order chi connectivity index (χ1) is 27.7. The second-order valence-electron chi connectivity index (χ2n) is 13.7. The molecule has 0 unspecified atom stereocenters. The lowest BCUT2D eigenvalue weighted by Gasteiger charge is -2.33. The maximum atomic E-state index is 13.2. The SMILES string of the molecule is COc1ccc(-n2cc(CCC=O)nc(N3CCN(S(C)(=O)=O)CC3)c2=O)cc1.COc1ccc(-n2cc(CCCO)nc(N3CCN(S(C)(=O)=O)CC3)c2=O)cc1. The fourth-order valence-electron chi connectivity index (χ4n) is 6.51. The predicted molar refractivity (Wildman–Crippen MR) is 220 cm³/mol. The zero-order valence-electron chi connectivity index (χ0n) is 33.1. The Morgan fingerprint density at radius 3 is 1.34 bits per heavy atom. The Labute approximate surface area is 338 Å². The Morgan fingerprint density at radius 2 is 1.02 bits per heavy atom. The highest BCUT2D eigenvalue weighted by molar-refractivity contribution is 7.88. The topological polar surface area (TPSA) is 207 Å². The van der Waals surface area contributed by atoms with Crippen LogP contribution in [-0.4, -0.2) is 142 Å². The van der Waals surface area contributed by atoms with Crippen LogP contribution in [0.15, 0.2) is 70.5 Å². The molecule has 0 atom stereocenters. The first kappa shape index (κ1) is 44.0. The zero-order chi connectivity index (χ0) is 42.0.